The molecule has 3 aromatic heterocycles. The molecule has 4 aromatic rings. The second kappa shape index (κ2) is 7.63. The number of nitrogens with zero attached hydrogens (tertiary/aromatic N) is 5. The van der Waals surface area contributed by atoms with Gasteiger partial charge in [-0.25, -0.2) is 14.5 Å². The van der Waals surface area contributed by atoms with Crippen LogP contribution in [-0.2, 0) is 17.9 Å². The van der Waals surface area contributed by atoms with Crippen LogP contribution in [0, 0.1) is 0 Å². The minimum Gasteiger partial charge on any atom is -0.406 e. The van der Waals surface area contributed by atoms with E-state index >= 15 is 0 Å². The van der Waals surface area contributed by atoms with Crippen LogP contribution in [0.2, 0.25) is 0 Å². The molecular formula is C19H20N6O3. The molecule has 0 bridgehead atoms. The van der Waals surface area contributed by atoms with Crippen molar-refractivity contribution in [1.82, 2.24) is 29.9 Å². The maximum atomic E-state index is 12.4. The summed E-state index contributed by atoms with van der Waals surface area (Å²) in [5, 5.41) is 11.2. The molecule has 0 unspecified atom stereocenters. The van der Waals surface area contributed by atoms with Crippen molar-refractivity contribution in [2.24, 2.45) is 0 Å². The lowest BCUT2D eigenvalue weighted by atomic mass is 10.2. The highest BCUT2D eigenvalue weighted by molar-refractivity contribution is 5.77. The Hall–Kier alpha value is -3.49. The Kier molecular flexibility index (Phi) is 4.88. The highest BCUT2D eigenvalue weighted by Crippen LogP contribution is 2.11. The zero-order chi connectivity index (χ0) is 19.5. The van der Waals surface area contributed by atoms with E-state index in [9.17, 15) is 9.59 Å². The standard InChI is InChI=1S/C19H20N6O3/c1-2-13(12-24-18-16(28-19(24)27)8-5-10-20-18)21-17(26)9-11-25-15-7-4-3-6-14(15)22-23-25/h3-8,10,13H,2,9,11-12H2,1H3,(H,21,26)/t13-/m1/s1. The van der Waals surface area contributed by atoms with E-state index < -0.39 is 5.76 Å². The fourth-order valence-corrected chi connectivity index (χ4v) is 3.15. The van der Waals surface area contributed by atoms with Gasteiger partial charge in [0.25, 0.3) is 0 Å². The van der Waals surface area contributed by atoms with Crippen molar-refractivity contribution in [2.75, 3.05) is 0 Å². The lowest BCUT2D eigenvalue weighted by Crippen LogP contribution is -2.39. The first kappa shape index (κ1) is 17.9. The van der Waals surface area contributed by atoms with Crippen LogP contribution in [0.5, 0.6) is 0 Å². The summed E-state index contributed by atoms with van der Waals surface area (Å²) in [6, 6.07) is 10.8. The lowest BCUT2D eigenvalue weighted by molar-refractivity contribution is -0.122. The van der Waals surface area contributed by atoms with Gasteiger partial charge in [0, 0.05) is 18.7 Å². The molecule has 0 aliphatic carbocycles. The quantitative estimate of drug-likeness (QED) is 0.523. The summed E-state index contributed by atoms with van der Waals surface area (Å²) in [6.45, 7) is 2.69. The summed E-state index contributed by atoms with van der Waals surface area (Å²) >= 11 is 0. The molecule has 28 heavy (non-hydrogen) atoms. The van der Waals surface area contributed by atoms with E-state index in [1.165, 1.54) is 4.57 Å². The average Bonchev–Trinajstić information content (AvgIpc) is 3.26. The Balaban J connectivity index is 1.41. The van der Waals surface area contributed by atoms with Crippen molar-refractivity contribution >= 4 is 28.2 Å². The minimum atomic E-state index is -0.476. The molecule has 0 spiro atoms. The number of carbonyl (C=O) groups excluding carboxylic acids is 1. The summed E-state index contributed by atoms with van der Waals surface area (Å²) in [7, 11) is 0. The number of benzene rings is 1. The van der Waals surface area contributed by atoms with Gasteiger partial charge in [-0.1, -0.05) is 24.3 Å². The molecule has 0 saturated heterocycles. The molecule has 9 nitrogen and oxygen atoms in total. The molecule has 0 radical (unpaired) electrons. The van der Waals surface area contributed by atoms with E-state index in [4.69, 9.17) is 4.42 Å². The number of hydrogen-bond donors (Lipinski definition) is 1. The second-order valence-corrected chi connectivity index (χ2v) is 6.53. The van der Waals surface area contributed by atoms with Gasteiger partial charge in [0.05, 0.1) is 18.6 Å². The van der Waals surface area contributed by atoms with E-state index in [0.717, 1.165) is 11.0 Å². The molecule has 144 valence electrons. The fourth-order valence-electron chi connectivity index (χ4n) is 3.15. The zero-order valence-corrected chi connectivity index (χ0v) is 15.4. The Bertz CT molecular complexity index is 1180. The summed E-state index contributed by atoms with van der Waals surface area (Å²) in [5.74, 6) is -0.587. The summed E-state index contributed by atoms with van der Waals surface area (Å²) in [5.41, 5.74) is 2.61. The van der Waals surface area contributed by atoms with Gasteiger partial charge >= 0.3 is 5.76 Å². The number of amides is 1. The number of fused-ring (bicyclic) bond motifs is 2. The topological polar surface area (TPSA) is 108 Å². The van der Waals surface area contributed by atoms with Crippen LogP contribution >= 0.6 is 0 Å². The van der Waals surface area contributed by atoms with E-state index in [1.54, 1.807) is 23.0 Å². The van der Waals surface area contributed by atoms with Crippen molar-refractivity contribution in [3.8, 4) is 0 Å². The van der Waals surface area contributed by atoms with Crippen molar-refractivity contribution in [3.05, 3.63) is 53.1 Å². The first-order valence-electron chi connectivity index (χ1n) is 9.17. The van der Waals surface area contributed by atoms with Crippen LogP contribution in [0.15, 0.2) is 51.8 Å². The molecule has 0 aliphatic rings. The van der Waals surface area contributed by atoms with Gasteiger partial charge in [0.2, 0.25) is 5.91 Å². The highest BCUT2D eigenvalue weighted by atomic mass is 16.4. The Morgan fingerprint density at radius 1 is 1.25 bits per heavy atom. The van der Waals surface area contributed by atoms with Crippen LogP contribution in [0.25, 0.3) is 22.3 Å². The third kappa shape index (κ3) is 3.51. The Labute approximate surface area is 160 Å². The minimum absolute atomic E-state index is 0.111. The van der Waals surface area contributed by atoms with Crippen LogP contribution in [0.4, 0.5) is 0 Å². The number of para-hydroxylation sites is 1. The number of aryl methyl sites for hydroxylation is 1. The smallest absolute Gasteiger partial charge is 0.406 e. The fraction of sp³-hybridized carbons (Fsp3) is 0.316. The first-order valence-corrected chi connectivity index (χ1v) is 9.17. The van der Waals surface area contributed by atoms with Crippen LogP contribution in [0.3, 0.4) is 0 Å². The SMILES string of the molecule is CC[C@H](Cn1c(=O)oc2cccnc21)NC(=O)CCn1nnc2ccccc21. The normalized spacial score (nSPS) is 12.5. The average molecular weight is 380 g/mol. The van der Waals surface area contributed by atoms with Gasteiger partial charge in [-0.3, -0.25) is 9.36 Å². The first-order chi connectivity index (χ1) is 13.7. The number of carbonyl (C=O) groups is 1. The van der Waals surface area contributed by atoms with E-state index in [2.05, 4.69) is 20.6 Å². The largest absolute Gasteiger partial charge is 0.421 e. The summed E-state index contributed by atoms with van der Waals surface area (Å²) in [4.78, 5) is 28.7. The zero-order valence-electron chi connectivity index (χ0n) is 15.4. The molecule has 1 amide bonds. The predicted octanol–water partition coefficient (Wildman–Crippen LogP) is 1.72. The molecule has 1 N–H and O–H groups in total. The van der Waals surface area contributed by atoms with Gasteiger partial charge in [0.1, 0.15) is 5.52 Å². The number of hydrogen-bond acceptors (Lipinski definition) is 6. The molecule has 0 fully saturated rings. The van der Waals surface area contributed by atoms with Crippen molar-refractivity contribution in [2.45, 2.75) is 38.9 Å². The number of nitrogens with one attached hydrogen (secondary N) is 1. The van der Waals surface area contributed by atoms with E-state index in [0.29, 0.717) is 30.7 Å². The highest BCUT2D eigenvalue weighted by Gasteiger charge is 2.17. The third-order valence-electron chi connectivity index (χ3n) is 4.66. The monoisotopic (exact) mass is 380 g/mol. The van der Waals surface area contributed by atoms with Gasteiger partial charge in [-0.05, 0) is 30.7 Å². The number of pyridine rings is 1. The Morgan fingerprint density at radius 2 is 2.11 bits per heavy atom. The molecule has 9 heteroatoms. The van der Waals surface area contributed by atoms with Crippen LogP contribution < -0.4 is 11.1 Å². The maximum absolute atomic E-state index is 12.4. The number of rotatable bonds is 7. The second-order valence-electron chi connectivity index (χ2n) is 6.53. The molecule has 0 aliphatic heterocycles. The number of oxazole rings is 1. The van der Waals surface area contributed by atoms with E-state index in [-0.39, 0.29) is 18.4 Å². The van der Waals surface area contributed by atoms with Gasteiger partial charge in [0.15, 0.2) is 11.2 Å². The lowest BCUT2D eigenvalue weighted by Gasteiger charge is -2.17. The van der Waals surface area contributed by atoms with Gasteiger partial charge < -0.3 is 9.73 Å². The molecular weight excluding hydrogens is 360 g/mol. The maximum Gasteiger partial charge on any atom is 0.421 e. The molecule has 0 saturated carbocycles. The molecule has 1 aromatic carbocycles. The van der Waals surface area contributed by atoms with Crippen LogP contribution in [0.1, 0.15) is 19.8 Å². The Morgan fingerprint density at radius 3 is 2.96 bits per heavy atom. The molecule has 1 atom stereocenters. The van der Waals surface area contributed by atoms with Gasteiger partial charge in [-0.2, -0.15) is 0 Å². The number of aromatic nitrogens is 5. The van der Waals surface area contributed by atoms with Crippen LogP contribution in [-0.4, -0.2) is 36.5 Å². The van der Waals surface area contributed by atoms with Gasteiger partial charge in [-0.15, -0.1) is 5.10 Å². The van der Waals surface area contributed by atoms with E-state index in [1.807, 2.05) is 31.2 Å². The summed E-state index contributed by atoms with van der Waals surface area (Å²) in [6.07, 6.45) is 2.54. The summed E-state index contributed by atoms with van der Waals surface area (Å²) < 4.78 is 8.37. The predicted molar refractivity (Wildman–Crippen MR) is 103 cm³/mol. The van der Waals surface area contributed by atoms with Crippen molar-refractivity contribution in [3.63, 3.8) is 0 Å². The molecule has 4 rings (SSSR count). The molecule has 3 heterocycles. The third-order valence-corrected chi connectivity index (χ3v) is 4.66. The van der Waals surface area contributed by atoms with Crippen molar-refractivity contribution in [1.29, 1.82) is 0 Å². The van der Waals surface area contributed by atoms with Crippen molar-refractivity contribution < 1.29 is 9.21 Å².